The van der Waals surface area contributed by atoms with Gasteiger partial charge in [-0.05, 0) is 42.0 Å². The van der Waals surface area contributed by atoms with Crippen LogP contribution in [0.15, 0.2) is 48.5 Å². The molecule has 2 N–H and O–H groups in total. The Morgan fingerprint density at radius 2 is 1.90 bits per heavy atom. The Balaban J connectivity index is 1.94. The largest absolute Gasteiger partial charge is 0.395 e. The maximum Gasteiger partial charge on any atom is 0.0606 e. The predicted molar refractivity (Wildman–Crippen MR) is 85.6 cm³/mol. The van der Waals surface area contributed by atoms with Gasteiger partial charge in [0.05, 0.1) is 6.61 Å². The van der Waals surface area contributed by atoms with E-state index in [1.165, 1.54) is 0 Å². The van der Waals surface area contributed by atoms with E-state index in [2.05, 4.69) is 5.32 Å². The molecule has 0 radical (unpaired) electrons. The number of likely N-dealkylation sites (N-methyl/N-ethyl adjacent to an activating group) is 1. The minimum Gasteiger partial charge on any atom is -0.395 e. The molecule has 2 aromatic rings. The van der Waals surface area contributed by atoms with E-state index < -0.39 is 0 Å². The third kappa shape index (κ3) is 4.15. The average molecular weight is 291 g/mol. The number of nitrogens with one attached hydrogen (secondary N) is 1. The molecule has 0 aromatic heterocycles. The molecule has 0 aliphatic rings. The second-order valence-corrected chi connectivity index (χ2v) is 5.11. The minimum absolute atomic E-state index is 0.158. The van der Waals surface area contributed by atoms with Gasteiger partial charge in [0, 0.05) is 36.5 Å². The van der Waals surface area contributed by atoms with Gasteiger partial charge in [-0.1, -0.05) is 23.7 Å². The van der Waals surface area contributed by atoms with E-state index in [4.69, 9.17) is 16.7 Å². The van der Waals surface area contributed by atoms with Gasteiger partial charge < -0.3 is 15.3 Å². The first kappa shape index (κ1) is 14.7. The van der Waals surface area contributed by atoms with E-state index in [0.717, 1.165) is 28.5 Å². The topological polar surface area (TPSA) is 35.5 Å². The van der Waals surface area contributed by atoms with Crippen LogP contribution in [0, 0.1) is 0 Å². The molecule has 2 aromatic carbocycles. The van der Waals surface area contributed by atoms with Crippen LogP contribution in [0.3, 0.4) is 0 Å². The summed E-state index contributed by atoms with van der Waals surface area (Å²) < 4.78 is 0. The molecule has 3 nitrogen and oxygen atoms in total. The molecule has 0 saturated heterocycles. The van der Waals surface area contributed by atoms with Crippen molar-refractivity contribution in [1.29, 1.82) is 0 Å². The van der Waals surface area contributed by atoms with Gasteiger partial charge in [0.1, 0.15) is 0 Å². The van der Waals surface area contributed by atoms with Crippen molar-refractivity contribution in [2.24, 2.45) is 0 Å². The van der Waals surface area contributed by atoms with Crippen molar-refractivity contribution in [1.82, 2.24) is 0 Å². The van der Waals surface area contributed by atoms with Gasteiger partial charge in [0.15, 0.2) is 0 Å². The van der Waals surface area contributed by atoms with Crippen LogP contribution in [0.25, 0.3) is 0 Å². The first-order valence-corrected chi connectivity index (χ1v) is 6.97. The molecule has 20 heavy (non-hydrogen) atoms. The van der Waals surface area contributed by atoms with Crippen LogP contribution in [0.2, 0.25) is 5.02 Å². The Hall–Kier alpha value is -1.71. The van der Waals surface area contributed by atoms with Gasteiger partial charge in [-0.2, -0.15) is 0 Å². The average Bonchev–Trinajstić information content (AvgIpc) is 2.46. The molecule has 0 heterocycles. The van der Waals surface area contributed by atoms with Crippen molar-refractivity contribution >= 4 is 23.0 Å². The van der Waals surface area contributed by atoms with E-state index in [9.17, 15) is 0 Å². The zero-order valence-electron chi connectivity index (χ0n) is 11.5. The maximum absolute atomic E-state index is 8.92. The third-order valence-electron chi connectivity index (χ3n) is 3.13. The van der Waals surface area contributed by atoms with Gasteiger partial charge in [-0.3, -0.25) is 0 Å². The minimum atomic E-state index is 0.158. The number of rotatable bonds is 6. The van der Waals surface area contributed by atoms with E-state index in [1.807, 2.05) is 60.5 Å². The molecular weight excluding hydrogens is 272 g/mol. The molecule has 106 valence electrons. The summed E-state index contributed by atoms with van der Waals surface area (Å²) >= 11 is 5.96. The van der Waals surface area contributed by atoms with Crippen LogP contribution < -0.4 is 10.2 Å². The number of hydrogen-bond acceptors (Lipinski definition) is 3. The van der Waals surface area contributed by atoms with E-state index in [0.29, 0.717) is 6.54 Å². The molecular formula is C16H19ClN2O. The Labute approximate surface area is 124 Å². The number of halogens is 1. The highest BCUT2D eigenvalue weighted by molar-refractivity contribution is 6.30. The molecule has 0 amide bonds. The summed E-state index contributed by atoms with van der Waals surface area (Å²) in [6, 6.07) is 16.0. The highest BCUT2D eigenvalue weighted by Crippen LogP contribution is 2.18. The predicted octanol–water partition coefficient (Wildman–Crippen LogP) is 3.38. The molecule has 0 bridgehead atoms. The number of benzene rings is 2. The zero-order chi connectivity index (χ0) is 14.4. The summed E-state index contributed by atoms with van der Waals surface area (Å²) in [7, 11) is 1.96. The van der Waals surface area contributed by atoms with Crippen LogP contribution in [-0.2, 0) is 6.54 Å². The number of aliphatic hydroxyl groups excluding tert-OH is 1. The second-order valence-electron chi connectivity index (χ2n) is 4.68. The van der Waals surface area contributed by atoms with Crippen molar-refractivity contribution in [2.45, 2.75) is 6.54 Å². The lowest BCUT2D eigenvalue weighted by molar-refractivity contribution is 0.304. The van der Waals surface area contributed by atoms with Gasteiger partial charge in [-0.25, -0.2) is 0 Å². The number of anilines is 2. The molecule has 4 heteroatoms. The Morgan fingerprint density at radius 1 is 1.15 bits per heavy atom. The number of hydrogen-bond donors (Lipinski definition) is 2. The molecule has 0 unspecified atom stereocenters. The van der Waals surface area contributed by atoms with Crippen LogP contribution in [0.4, 0.5) is 11.4 Å². The van der Waals surface area contributed by atoms with Gasteiger partial charge in [-0.15, -0.1) is 0 Å². The summed E-state index contributed by atoms with van der Waals surface area (Å²) in [5.41, 5.74) is 3.30. The van der Waals surface area contributed by atoms with Crippen LogP contribution in [-0.4, -0.2) is 25.3 Å². The summed E-state index contributed by atoms with van der Waals surface area (Å²) in [4.78, 5) is 2.01. The molecule has 0 spiro atoms. The Kier molecular flexibility index (Phi) is 5.27. The molecule has 2 rings (SSSR count). The quantitative estimate of drug-likeness (QED) is 0.856. The summed E-state index contributed by atoms with van der Waals surface area (Å²) in [5, 5.41) is 13.0. The fourth-order valence-corrected chi connectivity index (χ4v) is 2.18. The van der Waals surface area contributed by atoms with Crippen LogP contribution in [0.5, 0.6) is 0 Å². The SMILES string of the molecule is CN(CCO)c1ccc(NCc2cccc(Cl)c2)cc1. The van der Waals surface area contributed by atoms with Crippen molar-refractivity contribution in [3.05, 3.63) is 59.1 Å². The molecule has 0 aliphatic carbocycles. The maximum atomic E-state index is 8.92. The molecule has 0 atom stereocenters. The summed E-state index contributed by atoms with van der Waals surface area (Å²) in [6.45, 7) is 1.53. The first-order chi connectivity index (χ1) is 9.69. The molecule has 0 fully saturated rings. The molecule has 0 saturated carbocycles. The lowest BCUT2D eigenvalue weighted by Crippen LogP contribution is -2.20. The molecule has 0 aliphatic heterocycles. The summed E-state index contributed by atoms with van der Waals surface area (Å²) in [6.07, 6.45) is 0. The van der Waals surface area contributed by atoms with Crippen LogP contribution in [0.1, 0.15) is 5.56 Å². The third-order valence-corrected chi connectivity index (χ3v) is 3.36. The Morgan fingerprint density at radius 3 is 2.55 bits per heavy atom. The Bertz CT molecular complexity index is 542. The zero-order valence-corrected chi connectivity index (χ0v) is 12.3. The lowest BCUT2D eigenvalue weighted by atomic mass is 10.2. The van der Waals surface area contributed by atoms with Gasteiger partial charge in [0.25, 0.3) is 0 Å². The monoisotopic (exact) mass is 290 g/mol. The lowest BCUT2D eigenvalue weighted by Gasteiger charge is -2.18. The smallest absolute Gasteiger partial charge is 0.0606 e. The van der Waals surface area contributed by atoms with Crippen molar-refractivity contribution in [2.75, 3.05) is 30.4 Å². The van der Waals surface area contributed by atoms with Crippen LogP contribution >= 0.6 is 11.6 Å². The van der Waals surface area contributed by atoms with Crippen molar-refractivity contribution < 1.29 is 5.11 Å². The van der Waals surface area contributed by atoms with E-state index in [-0.39, 0.29) is 6.61 Å². The highest BCUT2D eigenvalue weighted by atomic mass is 35.5. The van der Waals surface area contributed by atoms with Gasteiger partial charge >= 0.3 is 0 Å². The first-order valence-electron chi connectivity index (χ1n) is 6.59. The van der Waals surface area contributed by atoms with Gasteiger partial charge in [0.2, 0.25) is 0 Å². The summed E-state index contributed by atoms with van der Waals surface area (Å²) in [5.74, 6) is 0. The van der Waals surface area contributed by atoms with Crippen molar-refractivity contribution in [3.63, 3.8) is 0 Å². The standard InChI is InChI=1S/C16H19ClN2O/c1-19(9-10-20)16-7-5-15(6-8-16)18-12-13-3-2-4-14(17)11-13/h2-8,11,18,20H,9-10,12H2,1H3. The number of nitrogens with zero attached hydrogens (tertiary/aromatic N) is 1. The van der Waals surface area contributed by atoms with E-state index >= 15 is 0 Å². The number of aliphatic hydroxyl groups is 1. The fraction of sp³-hybridized carbons (Fsp3) is 0.250. The van der Waals surface area contributed by atoms with E-state index in [1.54, 1.807) is 0 Å². The normalized spacial score (nSPS) is 10.3. The fourth-order valence-electron chi connectivity index (χ4n) is 1.96. The second kappa shape index (κ2) is 7.17. The van der Waals surface area contributed by atoms with Crippen molar-refractivity contribution in [3.8, 4) is 0 Å². The highest BCUT2D eigenvalue weighted by Gasteiger charge is 2.00.